The Morgan fingerprint density at radius 3 is 2.73 bits per heavy atom. The van der Waals surface area contributed by atoms with E-state index in [0.717, 1.165) is 11.7 Å². The molecule has 0 bridgehead atoms. The zero-order chi connectivity index (χ0) is 23.2. The maximum absolute atomic E-state index is 13.7. The van der Waals surface area contributed by atoms with Gasteiger partial charge in [0.25, 0.3) is 0 Å². The van der Waals surface area contributed by atoms with Gasteiger partial charge in [0, 0.05) is 55.2 Å². The zero-order valence-electron chi connectivity index (χ0n) is 19.3. The first-order chi connectivity index (χ1) is 15.7. The standard InChI is InChI=1S/C23H33N5O4S/c1-15-21(25-16-4-5-16)18-8-9-24-23(18)27-22(15)26-19-7-6-17(14-20(19)31-2)33(3,29,30)28-10-12-32-13-11-28/h6-9,14-16,21,24-25H,4-5,10-13H2,1-3H3,(H,26,27)(H,29,30). The van der Waals surface area contributed by atoms with Gasteiger partial charge in [-0.15, -0.1) is 9.53 Å². The van der Waals surface area contributed by atoms with E-state index in [-0.39, 0.29) is 12.0 Å². The molecule has 33 heavy (non-hydrogen) atoms. The van der Waals surface area contributed by atoms with E-state index in [2.05, 4.69) is 28.6 Å². The molecule has 1 aromatic heterocycles. The van der Waals surface area contributed by atoms with Crippen LogP contribution in [0.25, 0.3) is 0 Å². The van der Waals surface area contributed by atoms with E-state index in [0.29, 0.717) is 48.7 Å². The Balaban J connectivity index is 1.44. The van der Waals surface area contributed by atoms with Crippen molar-refractivity contribution >= 4 is 26.9 Å². The van der Waals surface area contributed by atoms with Crippen molar-refractivity contribution in [3.63, 3.8) is 0 Å². The number of aliphatic imine (C=N–C) groups is 1. The largest absolute Gasteiger partial charge is 0.495 e. The Labute approximate surface area is 194 Å². The average molecular weight is 476 g/mol. The molecule has 2 aliphatic heterocycles. The minimum absolute atomic E-state index is 0.118. The van der Waals surface area contributed by atoms with E-state index in [1.54, 1.807) is 29.6 Å². The van der Waals surface area contributed by atoms with E-state index >= 15 is 0 Å². The highest BCUT2D eigenvalue weighted by atomic mass is 32.3. The molecule has 9 nitrogen and oxygen atoms in total. The molecule has 2 atom stereocenters. The number of rotatable bonds is 6. The highest BCUT2D eigenvalue weighted by molar-refractivity contribution is 8.12. The number of amidine groups is 1. The molecular weight excluding hydrogens is 442 g/mol. The second-order valence-electron chi connectivity index (χ2n) is 9.25. The summed E-state index contributed by atoms with van der Waals surface area (Å²) in [6, 6.07) is 7.97. The number of aromatic amines is 1. The van der Waals surface area contributed by atoms with Gasteiger partial charge in [0.05, 0.1) is 30.9 Å². The number of hydrogen-bond donors (Lipinski definition) is 4. The van der Waals surface area contributed by atoms with Crippen molar-refractivity contribution < 1.29 is 18.2 Å². The van der Waals surface area contributed by atoms with Gasteiger partial charge in [0.2, 0.25) is 0 Å². The smallest absolute Gasteiger partial charge is 0.144 e. The predicted molar refractivity (Wildman–Crippen MR) is 130 cm³/mol. The number of hydrogen-bond acceptors (Lipinski definition) is 6. The third-order valence-electron chi connectivity index (χ3n) is 6.80. The van der Waals surface area contributed by atoms with Crippen LogP contribution in [0.1, 0.15) is 31.4 Å². The molecule has 0 radical (unpaired) electrons. The lowest BCUT2D eigenvalue weighted by molar-refractivity contribution is 0.0686. The first-order valence-electron chi connectivity index (χ1n) is 11.4. The third kappa shape index (κ3) is 4.22. The Morgan fingerprint density at radius 2 is 2.03 bits per heavy atom. The molecule has 0 amide bonds. The predicted octanol–water partition coefficient (Wildman–Crippen LogP) is 3.14. The Morgan fingerprint density at radius 1 is 1.27 bits per heavy atom. The van der Waals surface area contributed by atoms with Crippen LogP contribution >= 0.6 is 0 Å². The normalized spacial score (nSPS) is 25.0. The topological polar surface area (TPSA) is 111 Å². The number of benzene rings is 1. The molecule has 3 heterocycles. The lowest BCUT2D eigenvalue weighted by Crippen LogP contribution is -2.54. The van der Waals surface area contributed by atoms with Crippen LogP contribution in [0.15, 0.2) is 40.4 Å². The number of anilines is 1. The molecule has 10 heteroatoms. The fraction of sp³-hybridized carbons (Fsp3) is 0.522. The molecule has 2 unspecified atom stereocenters. The molecule has 2 aromatic rings. The highest BCUT2D eigenvalue weighted by Gasteiger charge is 2.36. The van der Waals surface area contributed by atoms with Crippen molar-refractivity contribution in [3.8, 4) is 5.75 Å². The van der Waals surface area contributed by atoms with Crippen LogP contribution in [-0.4, -0.2) is 69.6 Å². The van der Waals surface area contributed by atoms with E-state index in [1.807, 2.05) is 6.20 Å². The molecule has 4 N–H and O–H groups in total. The third-order valence-corrected chi connectivity index (χ3v) is 9.73. The van der Waals surface area contributed by atoms with Crippen LogP contribution in [0.2, 0.25) is 0 Å². The minimum Gasteiger partial charge on any atom is -0.495 e. The maximum atomic E-state index is 13.7. The van der Waals surface area contributed by atoms with Gasteiger partial charge >= 0.3 is 0 Å². The monoisotopic (exact) mass is 475 g/mol. The van der Waals surface area contributed by atoms with Gasteiger partial charge in [-0.3, -0.25) is 4.55 Å². The lowest BCUT2D eigenvalue weighted by Gasteiger charge is -2.50. The molecule has 1 aromatic carbocycles. The molecule has 5 rings (SSSR count). The molecule has 1 saturated heterocycles. The second-order valence-corrected chi connectivity index (χ2v) is 12.7. The van der Waals surface area contributed by atoms with Crippen LogP contribution in [0.3, 0.4) is 0 Å². The van der Waals surface area contributed by atoms with Crippen molar-refractivity contribution in [1.29, 1.82) is 0 Å². The molecule has 2 fully saturated rings. The van der Waals surface area contributed by atoms with Gasteiger partial charge in [0.15, 0.2) is 0 Å². The zero-order valence-corrected chi connectivity index (χ0v) is 20.2. The Hall–Kier alpha value is -2.24. The summed E-state index contributed by atoms with van der Waals surface area (Å²) in [5.74, 6) is 2.28. The van der Waals surface area contributed by atoms with Crippen LogP contribution in [0.4, 0.5) is 11.5 Å². The van der Waals surface area contributed by atoms with Crippen LogP contribution in [0.5, 0.6) is 5.75 Å². The van der Waals surface area contributed by atoms with Crippen molar-refractivity contribution in [2.45, 2.75) is 36.7 Å². The van der Waals surface area contributed by atoms with Gasteiger partial charge in [-0.05, 0) is 31.0 Å². The average Bonchev–Trinajstić information content (AvgIpc) is 3.51. The molecule has 180 valence electrons. The number of fused-ring (bicyclic) bond motifs is 1. The van der Waals surface area contributed by atoms with Gasteiger partial charge in [-0.1, -0.05) is 6.92 Å². The van der Waals surface area contributed by atoms with Crippen molar-refractivity contribution in [2.24, 2.45) is 10.9 Å². The summed E-state index contributed by atoms with van der Waals surface area (Å²) in [5.41, 5.74) is 1.89. The van der Waals surface area contributed by atoms with Crippen LogP contribution in [0, 0.1) is 5.92 Å². The van der Waals surface area contributed by atoms with Crippen LogP contribution < -0.4 is 15.4 Å². The summed E-state index contributed by atoms with van der Waals surface area (Å²) >= 11 is 0. The quantitative estimate of drug-likeness (QED) is 0.511. The summed E-state index contributed by atoms with van der Waals surface area (Å²) in [7, 11) is -2.66. The fourth-order valence-electron chi connectivity index (χ4n) is 4.58. The Kier molecular flexibility index (Phi) is 5.61. The molecule has 3 aliphatic rings. The van der Waals surface area contributed by atoms with Crippen molar-refractivity contribution in [2.75, 3.05) is 45.0 Å². The maximum Gasteiger partial charge on any atom is 0.144 e. The SMILES string of the molecule is COc1cc(S(C)(=O)(O)N2CCOCC2)ccc1NC1=Nc2[nH]ccc2C(NC2CC2)C1C. The van der Waals surface area contributed by atoms with E-state index in [1.165, 1.54) is 24.7 Å². The molecule has 1 aliphatic carbocycles. The van der Waals surface area contributed by atoms with Gasteiger partial charge < -0.3 is 25.1 Å². The molecule has 0 spiro atoms. The molecular formula is C23H33N5O4S. The van der Waals surface area contributed by atoms with Gasteiger partial charge in [0.1, 0.15) is 17.4 Å². The first-order valence-corrected chi connectivity index (χ1v) is 13.7. The number of aromatic nitrogens is 1. The number of nitrogens with one attached hydrogen (secondary N) is 3. The highest BCUT2D eigenvalue weighted by Crippen LogP contribution is 2.41. The van der Waals surface area contributed by atoms with Crippen molar-refractivity contribution in [3.05, 3.63) is 36.0 Å². The summed E-state index contributed by atoms with van der Waals surface area (Å²) in [5, 5.41) is 7.18. The lowest BCUT2D eigenvalue weighted by atomic mass is 9.92. The number of H-pyrrole nitrogens is 1. The van der Waals surface area contributed by atoms with E-state index in [4.69, 9.17) is 14.5 Å². The van der Waals surface area contributed by atoms with Gasteiger partial charge in [-0.2, -0.15) is 4.21 Å². The number of ether oxygens (including phenoxy) is 2. The summed E-state index contributed by atoms with van der Waals surface area (Å²) in [4.78, 5) is 8.38. The Bertz CT molecular complexity index is 1130. The van der Waals surface area contributed by atoms with Gasteiger partial charge in [-0.25, -0.2) is 9.30 Å². The van der Waals surface area contributed by atoms with E-state index in [9.17, 15) is 8.76 Å². The van der Waals surface area contributed by atoms with E-state index < -0.39 is 9.53 Å². The molecule has 1 saturated carbocycles. The fourth-order valence-corrected chi connectivity index (χ4v) is 6.65. The number of nitrogens with zero attached hydrogens (tertiary/aromatic N) is 2. The number of methoxy groups -OCH3 is 1. The first kappa shape index (κ1) is 22.5. The van der Waals surface area contributed by atoms with Crippen LogP contribution in [-0.2, 0) is 14.3 Å². The second kappa shape index (κ2) is 8.21. The summed E-state index contributed by atoms with van der Waals surface area (Å²) in [6.45, 7) is 3.85. The summed E-state index contributed by atoms with van der Waals surface area (Å²) < 4.78 is 37.6. The van der Waals surface area contributed by atoms with Crippen molar-refractivity contribution in [1.82, 2.24) is 14.6 Å². The number of morpholine rings is 1. The summed E-state index contributed by atoms with van der Waals surface area (Å²) in [6.07, 6.45) is 5.74. The minimum atomic E-state index is -4.22.